The van der Waals surface area contributed by atoms with Crippen molar-refractivity contribution in [1.82, 2.24) is 4.98 Å². The quantitative estimate of drug-likeness (QED) is 0.890. The number of Topliss-reactive ketones (excluding diaryl/α,β-unsaturated/α-hetero) is 1. The molecule has 0 amide bonds. The second-order valence-corrected chi connectivity index (χ2v) is 4.21. The Morgan fingerprint density at radius 3 is 2.93 bits per heavy atom. The molecule has 1 aromatic heterocycles. The first kappa shape index (κ1) is 11.3. The maximum Gasteiger partial charge on any atom is 0.141 e. The van der Waals surface area contributed by atoms with Gasteiger partial charge in [0, 0.05) is 35.7 Å². The molecule has 0 spiro atoms. The largest absolute Gasteiger partial charge is 0.330 e. The number of pyridine rings is 1. The lowest BCUT2D eigenvalue weighted by molar-refractivity contribution is -0.121. The lowest BCUT2D eigenvalue weighted by Crippen LogP contribution is -2.22. The second kappa shape index (κ2) is 5.22. The van der Waals surface area contributed by atoms with Gasteiger partial charge in [-0.2, -0.15) is 0 Å². The number of nitrogens with two attached hydrogens (primary N) is 1. The van der Waals surface area contributed by atoms with Crippen molar-refractivity contribution in [1.29, 1.82) is 0 Å². The number of carbonyl (C=O) groups is 1. The zero-order valence-electron chi connectivity index (χ0n) is 8.03. The van der Waals surface area contributed by atoms with Crippen molar-refractivity contribution in [2.75, 3.05) is 6.54 Å². The average molecular weight is 257 g/mol. The van der Waals surface area contributed by atoms with Gasteiger partial charge >= 0.3 is 0 Å². The van der Waals surface area contributed by atoms with Gasteiger partial charge in [0.15, 0.2) is 0 Å². The van der Waals surface area contributed by atoms with Gasteiger partial charge in [-0.3, -0.25) is 9.78 Å². The zero-order chi connectivity index (χ0) is 10.6. The average Bonchev–Trinajstić information content (AvgIpc) is 2.16. The molecule has 0 aliphatic rings. The minimum Gasteiger partial charge on any atom is -0.330 e. The normalized spacial score (nSPS) is 12.5. The molecule has 0 saturated heterocycles. The van der Waals surface area contributed by atoms with E-state index in [1.54, 1.807) is 12.4 Å². The van der Waals surface area contributed by atoms with Crippen LogP contribution in [0, 0.1) is 5.92 Å². The first-order valence-corrected chi connectivity index (χ1v) is 5.25. The van der Waals surface area contributed by atoms with Gasteiger partial charge in [0.1, 0.15) is 5.78 Å². The van der Waals surface area contributed by atoms with Crippen LogP contribution in [0.1, 0.15) is 12.5 Å². The third-order valence-electron chi connectivity index (χ3n) is 2.04. The van der Waals surface area contributed by atoms with Gasteiger partial charge in [0.25, 0.3) is 0 Å². The molecule has 1 atom stereocenters. The summed E-state index contributed by atoms with van der Waals surface area (Å²) in [5.74, 6) is 0.0846. The summed E-state index contributed by atoms with van der Waals surface area (Å²) < 4.78 is 0.892. The van der Waals surface area contributed by atoms with Crippen LogP contribution >= 0.6 is 15.9 Å². The molecular weight excluding hydrogens is 244 g/mol. The Kier molecular flexibility index (Phi) is 4.22. The van der Waals surface area contributed by atoms with Crippen molar-refractivity contribution < 1.29 is 4.79 Å². The van der Waals surface area contributed by atoms with E-state index in [9.17, 15) is 4.79 Å². The smallest absolute Gasteiger partial charge is 0.141 e. The van der Waals surface area contributed by atoms with Crippen LogP contribution in [0.5, 0.6) is 0 Å². The number of hydrogen-bond donors (Lipinski definition) is 1. The van der Waals surface area contributed by atoms with E-state index in [4.69, 9.17) is 5.73 Å². The van der Waals surface area contributed by atoms with Gasteiger partial charge in [-0.1, -0.05) is 6.92 Å². The number of hydrogen-bond acceptors (Lipinski definition) is 3. The van der Waals surface area contributed by atoms with E-state index in [2.05, 4.69) is 20.9 Å². The Morgan fingerprint density at radius 2 is 2.36 bits per heavy atom. The first-order valence-electron chi connectivity index (χ1n) is 4.45. The van der Waals surface area contributed by atoms with Crippen molar-refractivity contribution in [3.8, 4) is 0 Å². The molecule has 0 saturated carbocycles. The lowest BCUT2D eigenvalue weighted by atomic mass is 10.0. The van der Waals surface area contributed by atoms with E-state index < -0.39 is 0 Å². The molecule has 1 aromatic rings. The van der Waals surface area contributed by atoms with Crippen LogP contribution in [0.2, 0.25) is 0 Å². The van der Waals surface area contributed by atoms with Crippen LogP contribution < -0.4 is 5.73 Å². The summed E-state index contributed by atoms with van der Waals surface area (Å²) in [6, 6.07) is 1.90. The molecule has 0 radical (unpaired) electrons. The van der Waals surface area contributed by atoms with E-state index in [-0.39, 0.29) is 11.7 Å². The van der Waals surface area contributed by atoms with Crippen molar-refractivity contribution in [3.05, 3.63) is 28.5 Å². The maximum atomic E-state index is 11.5. The Hall–Kier alpha value is -0.740. The third kappa shape index (κ3) is 3.20. The minimum atomic E-state index is -0.0750. The first-order chi connectivity index (χ1) is 6.63. The van der Waals surface area contributed by atoms with Crippen molar-refractivity contribution in [2.24, 2.45) is 11.7 Å². The molecule has 0 aliphatic carbocycles. The molecule has 14 heavy (non-hydrogen) atoms. The van der Waals surface area contributed by atoms with E-state index >= 15 is 0 Å². The zero-order valence-corrected chi connectivity index (χ0v) is 9.62. The summed E-state index contributed by atoms with van der Waals surface area (Å²) in [7, 11) is 0. The fourth-order valence-corrected chi connectivity index (χ4v) is 1.47. The summed E-state index contributed by atoms with van der Waals surface area (Å²) in [5, 5.41) is 0. The summed E-state index contributed by atoms with van der Waals surface area (Å²) >= 11 is 3.31. The lowest BCUT2D eigenvalue weighted by Gasteiger charge is -2.06. The summed E-state index contributed by atoms with van der Waals surface area (Å²) in [6.45, 7) is 2.24. The number of nitrogens with zero attached hydrogens (tertiary/aromatic N) is 1. The summed E-state index contributed by atoms with van der Waals surface area (Å²) in [4.78, 5) is 15.5. The topological polar surface area (TPSA) is 56.0 Å². The van der Waals surface area contributed by atoms with Crippen molar-refractivity contribution in [3.63, 3.8) is 0 Å². The highest BCUT2D eigenvalue weighted by molar-refractivity contribution is 9.10. The Labute approximate surface area is 91.8 Å². The minimum absolute atomic E-state index is 0.0750. The number of rotatable bonds is 4. The molecule has 76 valence electrons. The molecular formula is C10H13BrN2O. The fraction of sp³-hybridized carbons (Fsp3) is 0.400. The standard InChI is InChI=1S/C10H13BrN2O/c1-7(4-12)10(14)3-8-2-9(11)6-13-5-8/h2,5-7H,3-4,12H2,1H3. The van der Waals surface area contributed by atoms with E-state index in [1.165, 1.54) is 0 Å². The van der Waals surface area contributed by atoms with Crippen LogP contribution in [0.15, 0.2) is 22.9 Å². The Balaban J connectivity index is 2.65. The van der Waals surface area contributed by atoms with Crippen LogP contribution in [-0.2, 0) is 11.2 Å². The van der Waals surface area contributed by atoms with Crippen molar-refractivity contribution in [2.45, 2.75) is 13.3 Å². The van der Waals surface area contributed by atoms with Gasteiger partial charge in [0.05, 0.1) is 0 Å². The summed E-state index contributed by atoms with van der Waals surface area (Å²) in [5.41, 5.74) is 6.33. The Bertz CT molecular complexity index is 328. The number of ketones is 1. The van der Waals surface area contributed by atoms with E-state index in [0.29, 0.717) is 13.0 Å². The molecule has 4 heteroatoms. The highest BCUT2D eigenvalue weighted by Gasteiger charge is 2.11. The molecule has 1 unspecified atom stereocenters. The van der Waals surface area contributed by atoms with E-state index in [0.717, 1.165) is 10.0 Å². The SMILES string of the molecule is CC(CN)C(=O)Cc1cncc(Br)c1. The molecule has 2 N–H and O–H groups in total. The monoisotopic (exact) mass is 256 g/mol. The third-order valence-corrected chi connectivity index (χ3v) is 2.48. The van der Waals surface area contributed by atoms with Crippen molar-refractivity contribution >= 4 is 21.7 Å². The molecule has 1 rings (SSSR count). The molecule has 0 aromatic carbocycles. The number of halogens is 1. The predicted molar refractivity (Wildman–Crippen MR) is 58.9 cm³/mol. The molecule has 0 bridgehead atoms. The highest BCUT2D eigenvalue weighted by Crippen LogP contribution is 2.11. The van der Waals surface area contributed by atoms with Gasteiger partial charge in [-0.25, -0.2) is 0 Å². The van der Waals surface area contributed by atoms with Crippen LogP contribution in [0.25, 0.3) is 0 Å². The predicted octanol–water partition coefficient (Wildman–Crippen LogP) is 1.55. The van der Waals surface area contributed by atoms with E-state index in [1.807, 2.05) is 13.0 Å². The second-order valence-electron chi connectivity index (χ2n) is 3.29. The van der Waals surface area contributed by atoms with Crippen LogP contribution in [-0.4, -0.2) is 17.3 Å². The molecule has 3 nitrogen and oxygen atoms in total. The van der Waals surface area contributed by atoms with Gasteiger partial charge < -0.3 is 5.73 Å². The summed E-state index contributed by atoms with van der Waals surface area (Å²) in [6.07, 6.45) is 3.80. The van der Waals surface area contributed by atoms with Gasteiger partial charge in [0.2, 0.25) is 0 Å². The van der Waals surface area contributed by atoms with Gasteiger partial charge in [-0.05, 0) is 27.6 Å². The maximum absolute atomic E-state index is 11.5. The number of carbonyl (C=O) groups excluding carboxylic acids is 1. The fourth-order valence-electron chi connectivity index (χ4n) is 1.06. The molecule has 1 heterocycles. The Morgan fingerprint density at radius 1 is 1.64 bits per heavy atom. The highest BCUT2D eigenvalue weighted by atomic mass is 79.9. The van der Waals surface area contributed by atoms with Gasteiger partial charge in [-0.15, -0.1) is 0 Å². The number of aromatic nitrogens is 1. The molecule has 0 fully saturated rings. The van der Waals surface area contributed by atoms with Crippen LogP contribution in [0.3, 0.4) is 0 Å². The molecule has 0 aliphatic heterocycles. The van der Waals surface area contributed by atoms with Crippen LogP contribution in [0.4, 0.5) is 0 Å².